The first-order chi connectivity index (χ1) is 19.0. The highest BCUT2D eigenvalue weighted by Crippen LogP contribution is 2.34. The third kappa shape index (κ3) is 6.67. The number of para-hydroxylation sites is 2. The van der Waals surface area contributed by atoms with E-state index in [1.54, 1.807) is 44.6 Å². The monoisotopic (exact) mass is 544 g/mol. The van der Waals surface area contributed by atoms with Crippen LogP contribution in [0.3, 0.4) is 0 Å². The summed E-state index contributed by atoms with van der Waals surface area (Å²) < 4.78 is 12.6. The van der Waals surface area contributed by atoms with E-state index in [-0.39, 0.29) is 17.3 Å². The lowest BCUT2D eigenvalue weighted by molar-refractivity contribution is -0.385. The first-order valence-electron chi connectivity index (χ1n) is 11.6. The van der Waals surface area contributed by atoms with Gasteiger partial charge in [0.15, 0.2) is 22.5 Å². The minimum absolute atomic E-state index is 0.0161. The highest BCUT2D eigenvalue weighted by molar-refractivity contribution is 7.99. The summed E-state index contributed by atoms with van der Waals surface area (Å²) in [6.45, 7) is 0. The molecule has 12 heteroatoms. The van der Waals surface area contributed by atoms with Crippen molar-refractivity contribution in [2.24, 2.45) is 5.10 Å². The minimum Gasteiger partial charge on any atom is -0.493 e. The number of hydrogen-bond donors (Lipinski definition) is 1. The number of ether oxygens (including phenoxy) is 2. The third-order valence-corrected chi connectivity index (χ3v) is 6.31. The summed E-state index contributed by atoms with van der Waals surface area (Å²) in [5.41, 5.74) is 4.44. The number of nitrogens with one attached hydrogen (secondary N) is 1. The van der Waals surface area contributed by atoms with Crippen molar-refractivity contribution < 1.29 is 19.2 Å². The van der Waals surface area contributed by atoms with Crippen LogP contribution in [0.4, 0.5) is 5.69 Å². The molecule has 1 aromatic heterocycles. The number of aromatic nitrogens is 3. The smallest absolute Gasteiger partial charge is 0.276 e. The Bertz CT molecular complexity index is 1520. The maximum absolute atomic E-state index is 12.4. The summed E-state index contributed by atoms with van der Waals surface area (Å²) in [6, 6.07) is 21.4. The van der Waals surface area contributed by atoms with E-state index < -0.39 is 4.92 Å². The number of nitro benzene ring substituents is 1. The van der Waals surface area contributed by atoms with Gasteiger partial charge in [0.25, 0.3) is 11.6 Å². The molecule has 0 aliphatic rings. The number of benzene rings is 3. The molecule has 4 rings (SSSR count). The van der Waals surface area contributed by atoms with Crippen LogP contribution < -0.4 is 14.9 Å². The minimum atomic E-state index is -0.458. The molecule has 0 saturated carbocycles. The maximum atomic E-state index is 12.4. The second-order valence-electron chi connectivity index (χ2n) is 7.82. The Morgan fingerprint density at radius 2 is 1.79 bits per heavy atom. The molecule has 0 unspecified atom stereocenters. The van der Waals surface area contributed by atoms with Gasteiger partial charge in [0.05, 0.1) is 30.5 Å². The van der Waals surface area contributed by atoms with Crippen LogP contribution in [0.15, 0.2) is 89.1 Å². The van der Waals surface area contributed by atoms with Gasteiger partial charge in [-0.3, -0.25) is 19.5 Å². The van der Waals surface area contributed by atoms with E-state index in [9.17, 15) is 14.9 Å². The number of carbonyl (C=O) groups excluding carboxylic acids is 1. The lowest BCUT2D eigenvalue weighted by atomic mass is 10.2. The van der Waals surface area contributed by atoms with Crippen molar-refractivity contribution in [3.05, 3.63) is 94.6 Å². The highest BCUT2D eigenvalue weighted by atomic mass is 32.2. The number of nitro groups is 1. The number of rotatable bonds is 11. The molecule has 3 aromatic carbocycles. The first kappa shape index (κ1) is 27.1. The summed E-state index contributed by atoms with van der Waals surface area (Å²) in [7, 11) is 3.13. The standard InChI is InChI=1S/C27H24N6O5S/c1-37-23-15-14-20(17-24(23)38-2)26-30-31-27(32(26)21-11-4-3-5-12-21)39-18-25(34)29-28-16-8-10-19-9-6-7-13-22(19)33(35)36/h3-17H,18H2,1-2H3,(H,29,34)/b10-8-,28-16-. The molecule has 1 amide bonds. The lowest BCUT2D eigenvalue weighted by Crippen LogP contribution is -2.19. The van der Waals surface area contributed by atoms with E-state index in [4.69, 9.17) is 9.47 Å². The number of thioether (sulfide) groups is 1. The molecule has 0 bridgehead atoms. The molecule has 0 fully saturated rings. The highest BCUT2D eigenvalue weighted by Gasteiger charge is 2.18. The molecular weight excluding hydrogens is 520 g/mol. The van der Waals surface area contributed by atoms with Crippen LogP contribution in [-0.2, 0) is 4.79 Å². The van der Waals surface area contributed by atoms with Gasteiger partial charge in [-0.1, -0.05) is 42.1 Å². The van der Waals surface area contributed by atoms with Crippen molar-refractivity contribution in [2.45, 2.75) is 5.16 Å². The fourth-order valence-corrected chi connectivity index (χ4v) is 4.34. The Labute approximate surface area is 228 Å². The Morgan fingerprint density at radius 1 is 1.05 bits per heavy atom. The van der Waals surface area contributed by atoms with Crippen molar-refractivity contribution in [3.8, 4) is 28.6 Å². The van der Waals surface area contributed by atoms with Gasteiger partial charge in [0.2, 0.25) is 0 Å². The number of hydrazone groups is 1. The molecule has 0 aliphatic carbocycles. The van der Waals surface area contributed by atoms with E-state index in [1.807, 2.05) is 47.0 Å². The van der Waals surface area contributed by atoms with Gasteiger partial charge < -0.3 is 9.47 Å². The molecule has 39 heavy (non-hydrogen) atoms. The van der Waals surface area contributed by atoms with Gasteiger partial charge in [-0.2, -0.15) is 5.10 Å². The van der Waals surface area contributed by atoms with E-state index in [0.717, 1.165) is 11.3 Å². The van der Waals surface area contributed by atoms with Crippen LogP contribution >= 0.6 is 11.8 Å². The summed E-state index contributed by atoms with van der Waals surface area (Å²) >= 11 is 1.20. The third-order valence-electron chi connectivity index (χ3n) is 5.38. The molecule has 0 spiro atoms. The number of hydrogen-bond acceptors (Lipinski definition) is 9. The molecule has 4 aromatic rings. The summed E-state index contributed by atoms with van der Waals surface area (Å²) in [4.78, 5) is 23.1. The molecule has 198 valence electrons. The summed E-state index contributed by atoms with van der Waals surface area (Å²) in [6.07, 6.45) is 4.40. The molecule has 0 radical (unpaired) electrons. The average Bonchev–Trinajstić information content (AvgIpc) is 3.40. The second-order valence-corrected chi connectivity index (χ2v) is 8.77. The van der Waals surface area contributed by atoms with Crippen molar-refractivity contribution in [3.63, 3.8) is 0 Å². The molecule has 1 heterocycles. The van der Waals surface area contributed by atoms with Crippen LogP contribution in [-0.4, -0.2) is 51.8 Å². The van der Waals surface area contributed by atoms with Crippen LogP contribution in [0.25, 0.3) is 23.2 Å². The summed E-state index contributed by atoms with van der Waals surface area (Å²) in [5, 5.41) is 24.2. The SMILES string of the molecule is COc1ccc(-c2nnc(SCC(=O)N/N=C\C=C/c3ccccc3[N+](=O)[O-])n2-c2ccccc2)cc1OC. The van der Waals surface area contributed by atoms with Crippen LogP contribution in [0.5, 0.6) is 11.5 Å². The number of nitrogens with zero attached hydrogens (tertiary/aromatic N) is 5. The van der Waals surface area contributed by atoms with Crippen LogP contribution in [0, 0.1) is 10.1 Å². The quantitative estimate of drug-likeness (QED) is 0.124. The Kier molecular flexibility index (Phi) is 9.03. The fraction of sp³-hybridized carbons (Fsp3) is 0.111. The largest absolute Gasteiger partial charge is 0.493 e. The zero-order valence-corrected chi connectivity index (χ0v) is 21.9. The molecule has 0 atom stereocenters. The van der Waals surface area contributed by atoms with Gasteiger partial charge in [-0.05, 0) is 48.6 Å². The van der Waals surface area contributed by atoms with Crippen LogP contribution in [0.2, 0.25) is 0 Å². The molecule has 1 N–H and O–H groups in total. The van der Waals surface area contributed by atoms with Crippen LogP contribution in [0.1, 0.15) is 5.56 Å². The Hall–Kier alpha value is -4.97. The average molecular weight is 545 g/mol. The fourth-order valence-electron chi connectivity index (χ4n) is 3.59. The van der Waals surface area contributed by atoms with E-state index in [1.165, 1.54) is 30.1 Å². The second kappa shape index (κ2) is 13.0. The van der Waals surface area contributed by atoms with Gasteiger partial charge in [-0.25, -0.2) is 5.43 Å². The number of methoxy groups -OCH3 is 2. The normalized spacial score (nSPS) is 11.1. The maximum Gasteiger partial charge on any atom is 0.276 e. The zero-order chi connectivity index (χ0) is 27.6. The Balaban J connectivity index is 1.46. The predicted octanol–water partition coefficient (Wildman–Crippen LogP) is 4.77. The lowest BCUT2D eigenvalue weighted by Gasteiger charge is -2.12. The van der Waals surface area contributed by atoms with Gasteiger partial charge in [0, 0.05) is 23.5 Å². The van der Waals surface area contributed by atoms with E-state index in [2.05, 4.69) is 20.7 Å². The topological polar surface area (TPSA) is 134 Å². The predicted molar refractivity (Wildman–Crippen MR) is 149 cm³/mol. The summed E-state index contributed by atoms with van der Waals surface area (Å²) in [5.74, 6) is 1.40. The van der Waals surface area contributed by atoms with Crippen molar-refractivity contribution >= 4 is 35.6 Å². The molecule has 11 nitrogen and oxygen atoms in total. The van der Waals surface area contributed by atoms with E-state index >= 15 is 0 Å². The molecule has 0 aliphatic heterocycles. The number of carbonyl (C=O) groups is 1. The van der Waals surface area contributed by atoms with Gasteiger partial charge in [-0.15, -0.1) is 10.2 Å². The van der Waals surface area contributed by atoms with E-state index in [0.29, 0.717) is 28.0 Å². The van der Waals surface area contributed by atoms with Crippen molar-refractivity contribution in [1.82, 2.24) is 20.2 Å². The number of allylic oxidation sites excluding steroid dienone is 1. The molecular formula is C27H24N6O5S. The number of amides is 1. The first-order valence-corrected chi connectivity index (χ1v) is 12.6. The Morgan fingerprint density at radius 3 is 2.54 bits per heavy atom. The molecule has 0 saturated heterocycles. The van der Waals surface area contributed by atoms with Crippen molar-refractivity contribution in [2.75, 3.05) is 20.0 Å². The van der Waals surface area contributed by atoms with Crippen molar-refractivity contribution in [1.29, 1.82) is 0 Å². The van der Waals surface area contributed by atoms with Gasteiger partial charge in [0.1, 0.15) is 0 Å². The zero-order valence-electron chi connectivity index (χ0n) is 21.1. The van der Waals surface area contributed by atoms with Gasteiger partial charge >= 0.3 is 0 Å².